The number of hydrogen-bond acceptors (Lipinski definition) is 5. The molecular weight excluding hydrogens is 720 g/mol. The second kappa shape index (κ2) is 18.0. The predicted octanol–water partition coefficient (Wildman–Crippen LogP) is 8.42. The normalized spacial score (nSPS) is 12.5. The maximum atomic E-state index is 14.4. The fraction of sp³-hybridized carbons (Fsp3) is 0.238. The maximum Gasteiger partial charge on any atom is 0.433 e. The van der Waals surface area contributed by atoms with E-state index in [2.05, 4.69) is 9.97 Å². The largest absolute Gasteiger partial charge is 0.433 e. The van der Waals surface area contributed by atoms with Gasteiger partial charge in [0.25, 0.3) is 0 Å². The number of carbonyl (C=O) groups excluding carboxylic acids is 2. The van der Waals surface area contributed by atoms with Crippen LogP contribution in [0.2, 0.25) is 0 Å². The van der Waals surface area contributed by atoms with Gasteiger partial charge in [0.15, 0.2) is 0 Å². The summed E-state index contributed by atoms with van der Waals surface area (Å²) in [7, 11) is 3.39. The number of alkyl halides is 6. The fourth-order valence-corrected chi connectivity index (χ4v) is 5.83. The average Bonchev–Trinajstić information content (AvgIpc) is 3.17. The summed E-state index contributed by atoms with van der Waals surface area (Å²) in [6.45, 7) is 0.917. The van der Waals surface area contributed by atoms with Crippen LogP contribution in [0.15, 0.2) is 128 Å². The van der Waals surface area contributed by atoms with Gasteiger partial charge in [-0.15, -0.1) is 0 Å². The molecule has 2 aromatic heterocycles. The van der Waals surface area contributed by atoms with Gasteiger partial charge in [-0.1, -0.05) is 78.9 Å². The number of amides is 2. The van der Waals surface area contributed by atoms with Crippen LogP contribution in [0.1, 0.15) is 33.5 Å². The number of nitrogens with zero attached hydrogens (tertiary/aromatic N) is 5. The van der Waals surface area contributed by atoms with Gasteiger partial charge in [-0.05, 0) is 65.7 Å². The molecule has 0 aliphatic rings. The van der Waals surface area contributed by atoms with Crippen molar-refractivity contribution >= 4 is 17.9 Å². The van der Waals surface area contributed by atoms with Gasteiger partial charge in [-0.3, -0.25) is 19.6 Å². The highest BCUT2D eigenvalue weighted by atomic mass is 19.4. The highest BCUT2D eigenvalue weighted by Gasteiger charge is 2.33. The van der Waals surface area contributed by atoms with Crippen molar-refractivity contribution in [1.29, 1.82) is 0 Å². The molecule has 286 valence electrons. The smallest absolute Gasteiger partial charge is 0.343 e. The third-order valence-corrected chi connectivity index (χ3v) is 8.90. The first-order chi connectivity index (χ1) is 26.2. The van der Waals surface area contributed by atoms with Crippen molar-refractivity contribution in [3.8, 4) is 11.3 Å². The van der Waals surface area contributed by atoms with Crippen molar-refractivity contribution in [3.05, 3.63) is 161 Å². The van der Waals surface area contributed by atoms with Gasteiger partial charge in [0.1, 0.15) is 11.7 Å². The number of rotatable bonds is 14. The first-order valence-electron chi connectivity index (χ1n) is 17.3. The second-order valence-corrected chi connectivity index (χ2v) is 13.1. The summed E-state index contributed by atoms with van der Waals surface area (Å²) in [5, 5.41) is 0. The molecule has 0 radical (unpaired) electrons. The lowest BCUT2D eigenvalue weighted by Gasteiger charge is -2.34. The summed E-state index contributed by atoms with van der Waals surface area (Å²) in [5.41, 5.74) is 2.30. The molecule has 0 saturated heterocycles. The van der Waals surface area contributed by atoms with Crippen LogP contribution >= 0.6 is 0 Å². The Morgan fingerprint density at radius 3 is 1.96 bits per heavy atom. The number of hydrogen-bond donors (Lipinski definition) is 0. The highest BCUT2D eigenvalue weighted by Crippen LogP contribution is 2.30. The molecule has 55 heavy (non-hydrogen) atoms. The van der Waals surface area contributed by atoms with Gasteiger partial charge < -0.3 is 14.7 Å². The number of pyridine rings is 2. The summed E-state index contributed by atoms with van der Waals surface area (Å²) >= 11 is 0. The molecule has 7 nitrogen and oxygen atoms in total. The standard InChI is InChI=1S/C42H39F6N5O2/c1-51(28-33-15-21-38(50-27-33)42(46,47)48)24-25-52(2)40(55)37(26-31-8-4-3-5-9-31)53(29-32-11-17-34(18-12-32)36-10-6-7-23-49-36)39(54)22-16-30-13-19-35(20-14-30)41(43,44)45/h3-23,27,37H,24-26,28-29H2,1-2H3. The molecule has 2 heterocycles. The minimum atomic E-state index is -4.54. The van der Waals surface area contributed by atoms with E-state index in [0.717, 1.165) is 40.6 Å². The monoisotopic (exact) mass is 759 g/mol. The Morgan fingerprint density at radius 2 is 1.36 bits per heavy atom. The fourth-order valence-electron chi connectivity index (χ4n) is 5.83. The Morgan fingerprint density at radius 1 is 0.691 bits per heavy atom. The Hall–Kier alpha value is -5.82. The van der Waals surface area contributed by atoms with Crippen molar-refractivity contribution in [3.63, 3.8) is 0 Å². The first kappa shape index (κ1) is 40.4. The summed E-state index contributed by atoms with van der Waals surface area (Å²) < 4.78 is 78.4. The Bertz CT molecular complexity index is 2020. The summed E-state index contributed by atoms with van der Waals surface area (Å²) in [6.07, 6.45) is -3.35. The molecule has 0 spiro atoms. The van der Waals surface area contributed by atoms with Crippen LogP contribution in [0, 0.1) is 0 Å². The van der Waals surface area contributed by atoms with E-state index in [1.54, 1.807) is 20.3 Å². The van der Waals surface area contributed by atoms with Crippen molar-refractivity contribution in [2.45, 2.75) is 37.9 Å². The van der Waals surface area contributed by atoms with Crippen LogP contribution in [-0.2, 0) is 41.5 Å². The Kier molecular flexibility index (Phi) is 13.2. The molecule has 1 atom stereocenters. The number of benzene rings is 3. The summed E-state index contributed by atoms with van der Waals surface area (Å²) in [6, 6.07) is 27.9. The molecule has 0 N–H and O–H groups in total. The number of likely N-dealkylation sites (N-methyl/N-ethyl adjacent to an activating group) is 2. The van der Waals surface area contributed by atoms with Crippen molar-refractivity contribution in [1.82, 2.24) is 24.7 Å². The lowest BCUT2D eigenvalue weighted by atomic mass is 10.0. The zero-order valence-corrected chi connectivity index (χ0v) is 30.1. The molecule has 0 aliphatic carbocycles. The average molecular weight is 760 g/mol. The zero-order chi connectivity index (χ0) is 39.6. The van der Waals surface area contributed by atoms with Crippen LogP contribution in [-0.4, -0.2) is 69.7 Å². The molecule has 0 fully saturated rings. The maximum absolute atomic E-state index is 14.4. The topological polar surface area (TPSA) is 69.6 Å². The van der Waals surface area contributed by atoms with E-state index >= 15 is 0 Å². The van der Waals surface area contributed by atoms with Gasteiger partial charge in [0.05, 0.1) is 11.3 Å². The van der Waals surface area contributed by atoms with Gasteiger partial charge in [-0.25, -0.2) is 0 Å². The minimum absolute atomic E-state index is 0.0383. The molecule has 13 heteroatoms. The lowest BCUT2D eigenvalue weighted by molar-refractivity contribution is -0.143. The van der Waals surface area contributed by atoms with Crippen molar-refractivity contribution < 1.29 is 35.9 Å². The van der Waals surface area contributed by atoms with Gasteiger partial charge >= 0.3 is 12.4 Å². The number of halogens is 6. The van der Waals surface area contributed by atoms with E-state index in [4.69, 9.17) is 0 Å². The van der Waals surface area contributed by atoms with Crippen LogP contribution in [0.4, 0.5) is 26.3 Å². The van der Waals surface area contributed by atoms with Gasteiger partial charge in [-0.2, -0.15) is 26.3 Å². The van der Waals surface area contributed by atoms with E-state index in [0.29, 0.717) is 17.7 Å². The third-order valence-electron chi connectivity index (χ3n) is 8.90. The van der Waals surface area contributed by atoms with Crippen LogP contribution in [0.3, 0.4) is 0 Å². The van der Waals surface area contributed by atoms with Crippen LogP contribution in [0.5, 0.6) is 0 Å². The SMILES string of the molecule is CN(CCN(C)C(=O)C(Cc1ccccc1)N(Cc1ccc(-c2ccccn2)cc1)C(=O)C=Cc1ccc(C(F)(F)F)cc1)Cc1ccc(C(F)(F)F)nc1. The van der Waals surface area contributed by atoms with E-state index in [1.807, 2.05) is 77.7 Å². The van der Waals surface area contributed by atoms with Crippen molar-refractivity contribution in [2.24, 2.45) is 0 Å². The molecule has 5 rings (SSSR count). The summed E-state index contributed by atoms with van der Waals surface area (Å²) in [4.78, 5) is 41.3. The Labute approximate surface area is 315 Å². The number of carbonyl (C=O) groups is 2. The lowest BCUT2D eigenvalue weighted by Crippen LogP contribution is -2.51. The molecule has 0 bridgehead atoms. The van der Waals surface area contributed by atoms with E-state index < -0.39 is 35.6 Å². The zero-order valence-electron chi connectivity index (χ0n) is 30.1. The predicted molar refractivity (Wildman–Crippen MR) is 198 cm³/mol. The number of aromatic nitrogens is 2. The second-order valence-electron chi connectivity index (χ2n) is 13.1. The van der Waals surface area contributed by atoms with E-state index in [-0.39, 0.29) is 32.0 Å². The van der Waals surface area contributed by atoms with Crippen molar-refractivity contribution in [2.75, 3.05) is 27.2 Å². The van der Waals surface area contributed by atoms with Crippen LogP contribution in [0.25, 0.3) is 17.3 Å². The molecule has 5 aromatic rings. The van der Waals surface area contributed by atoms with E-state index in [1.165, 1.54) is 46.3 Å². The molecular formula is C42H39F6N5O2. The quantitative estimate of drug-likeness (QED) is 0.0841. The highest BCUT2D eigenvalue weighted by molar-refractivity contribution is 5.95. The first-order valence-corrected chi connectivity index (χ1v) is 17.3. The Balaban J connectivity index is 1.40. The summed E-state index contributed by atoms with van der Waals surface area (Å²) in [5.74, 6) is -0.877. The molecule has 0 saturated carbocycles. The molecule has 1 unspecified atom stereocenters. The van der Waals surface area contributed by atoms with E-state index in [9.17, 15) is 35.9 Å². The van der Waals surface area contributed by atoms with Gasteiger partial charge in [0.2, 0.25) is 11.8 Å². The van der Waals surface area contributed by atoms with Gasteiger partial charge in [0, 0.05) is 63.7 Å². The molecule has 2 amide bonds. The minimum Gasteiger partial charge on any atom is -0.343 e. The van der Waals surface area contributed by atoms with Crippen LogP contribution < -0.4 is 0 Å². The molecule has 3 aromatic carbocycles. The molecule has 0 aliphatic heterocycles. The third kappa shape index (κ3) is 11.6.